The highest BCUT2D eigenvalue weighted by Crippen LogP contribution is 2.13. The molecule has 0 aliphatic heterocycles. The van der Waals surface area contributed by atoms with Gasteiger partial charge in [-0.2, -0.15) is 0 Å². The van der Waals surface area contributed by atoms with Gasteiger partial charge in [0.05, 0.1) is 18.8 Å². The molecule has 1 amide bonds. The summed E-state index contributed by atoms with van der Waals surface area (Å²) in [6, 6.07) is -0.612. The van der Waals surface area contributed by atoms with Gasteiger partial charge >= 0.3 is 0 Å². The summed E-state index contributed by atoms with van der Waals surface area (Å²) in [7, 11) is 0. The number of allylic oxidation sites excluding steroid dienone is 1. The molecule has 2 atom stereocenters. The van der Waals surface area contributed by atoms with Crippen molar-refractivity contribution in [3.05, 3.63) is 12.2 Å². The lowest BCUT2D eigenvalue weighted by Gasteiger charge is -2.20. The van der Waals surface area contributed by atoms with E-state index in [-0.39, 0.29) is 12.5 Å². The normalized spacial score (nSPS) is 13.3. The highest BCUT2D eigenvalue weighted by Gasteiger charge is 2.17. The predicted molar refractivity (Wildman–Crippen MR) is 156 cm³/mol. The van der Waals surface area contributed by atoms with E-state index in [1.165, 1.54) is 122 Å². The molecule has 0 saturated carbocycles. The van der Waals surface area contributed by atoms with Crippen LogP contribution in [0.3, 0.4) is 0 Å². The average molecular weight is 510 g/mol. The number of unbranched alkanes of at least 4 members (excludes halogenated alkanes) is 21. The summed E-state index contributed by atoms with van der Waals surface area (Å²) in [5.74, 6) is -0.0669. The molecule has 0 radical (unpaired) electrons. The van der Waals surface area contributed by atoms with Crippen LogP contribution in [0.25, 0.3) is 0 Å². The Morgan fingerprint density at radius 1 is 0.639 bits per heavy atom. The minimum absolute atomic E-state index is 0.0669. The lowest BCUT2D eigenvalue weighted by molar-refractivity contribution is -0.123. The Hall–Kier alpha value is -0.870. The van der Waals surface area contributed by atoms with Crippen molar-refractivity contribution in [2.45, 2.75) is 180 Å². The fourth-order valence-corrected chi connectivity index (χ4v) is 4.76. The van der Waals surface area contributed by atoms with Crippen LogP contribution >= 0.6 is 0 Å². The van der Waals surface area contributed by atoms with Gasteiger partial charge in [0, 0.05) is 6.42 Å². The molecule has 0 heterocycles. The van der Waals surface area contributed by atoms with Crippen molar-refractivity contribution in [2.75, 3.05) is 6.61 Å². The van der Waals surface area contributed by atoms with E-state index in [1.54, 1.807) is 6.08 Å². The third-order valence-electron chi connectivity index (χ3n) is 7.27. The maximum Gasteiger partial charge on any atom is 0.220 e. The van der Waals surface area contributed by atoms with Crippen LogP contribution in [0.2, 0.25) is 0 Å². The van der Waals surface area contributed by atoms with Crippen LogP contribution in [0, 0.1) is 0 Å². The number of carbonyl (C=O) groups excluding carboxylic acids is 1. The lowest BCUT2D eigenvalue weighted by Crippen LogP contribution is -2.45. The zero-order valence-electron chi connectivity index (χ0n) is 24.3. The molecule has 4 heteroatoms. The van der Waals surface area contributed by atoms with Crippen molar-refractivity contribution >= 4 is 5.91 Å². The maximum absolute atomic E-state index is 12.2. The van der Waals surface area contributed by atoms with Crippen LogP contribution in [-0.4, -0.2) is 34.9 Å². The van der Waals surface area contributed by atoms with Gasteiger partial charge in [-0.15, -0.1) is 0 Å². The van der Waals surface area contributed by atoms with E-state index in [4.69, 9.17) is 0 Å². The molecule has 214 valence electrons. The van der Waals surface area contributed by atoms with Crippen LogP contribution in [0.15, 0.2) is 12.2 Å². The first-order valence-corrected chi connectivity index (χ1v) is 15.9. The Balaban J connectivity index is 3.66. The van der Waals surface area contributed by atoms with E-state index in [2.05, 4.69) is 19.2 Å². The smallest absolute Gasteiger partial charge is 0.220 e. The van der Waals surface area contributed by atoms with E-state index in [0.717, 1.165) is 25.7 Å². The van der Waals surface area contributed by atoms with Gasteiger partial charge in [-0.05, 0) is 19.3 Å². The van der Waals surface area contributed by atoms with E-state index in [9.17, 15) is 15.0 Å². The first kappa shape index (κ1) is 35.1. The van der Waals surface area contributed by atoms with E-state index >= 15 is 0 Å². The van der Waals surface area contributed by atoms with Crippen LogP contribution < -0.4 is 5.32 Å². The van der Waals surface area contributed by atoms with Gasteiger partial charge in [0.2, 0.25) is 5.91 Å². The largest absolute Gasteiger partial charge is 0.394 e. The molecular formula is C32H63NO3. The SMILES string of the molecule is CCCCCCCCCCCCCC=CC(O)C(CO)NC(=O)CCCCCCCCCCCCC. The monoisotopic (exact) mass is 509 g/mol. The number of hydrogen-bond donors (Lipinski definition) is 3. The highest BCUT2D eigenvalue weighted by molar-refractivity contribution is 5.76. The molecule has 0 spiro atoms. The van der Waals surface area contributed by atoms with E-state index < -0.39 is 12.1 Å². The van der Waals surface area contributed by atoms with Gasteiger partial charge in [-0.3, -0.25) is 4.79 Å². The molecule has 0 aliphatic carbocycles. The number of nitrogens with one attached hydrogen (secondary N) is 1. The summed E-state index contributed by atoms with van der Waals surface area (Å²) in [6.45, 7) is 4.28. The fourth-order valence-electron chi connectivity index (χ4n) is 4.76. The van der Waals surface area contributed by atoms with Crippen LogP contribution in [0.5, 0.6) is 0 Å². The molecule has 0 aromatic rings. The van der Waals surface area contributed by atoms with Crippen LogP contribution in [0.1, 0.15) is 168 Å². The van der Waals surface area contributed by atoms with Crippen molar-refractivity contribution in [1.82, 2.24) is 5.32 Å². The number of aliphatic hydroxyl groups excluding tert-OH is 2. The van der Waals surface area contributed by atoms with Gasteiger partial charge in [-0.25, -0.2) is 0 Å². The first-order valence-electron chi connectivity index (χ1n) is 15.9. The van der Waals surface area contributed by atoms with Crippen molar-refractivity contribution < 1.29 is 15.0 Å². The predicted octanol–water partition coefficient (Wildman–Crippen LogP) is 8.78. The molecule has 0 rings (SSSR count). The first-order chi connectivity index (χ1) is 17.7. The lowest BCUT2D eigenvalue weighted by atomic mass is 10.0. The zero-order valence-corrected chi connectivity index (χ0v) is 24.3. The second-order valence-corrected chi connectivity index (χ2v) is 10.9. The number of hydrogen-bond acceptors (Lipinski definition) is 3. The summed E-state index contributed by atoms with van der Waals surface area (Å²) >= 11 is 0. The van der Waals surface area contributed by atoms with Gasteiger partial charge in [0.15, 0.2) is 0 Å². The second kappa shape index (κ2) is 28.7. The van der Waals surface area contributed by atoms with Gasteiger partial charge in [0.25, 0.3) is 0 Å². The summed E-state index contributed by atoms with van der Waals surface area (Å²) in [5.41, 5.74) is 0. The summed E-state index contributed by atoms with van der Waals surface area (Å²) in [6.07, 6.45) is 32.8. The summed E-state index contributed by atoms with van der Waals surface area (Å²) in [4.78, 5) is 12.2. The molecule has 4 nitrogen and oxygen atoms in total. The quantitative estimate of drug-likeness (QED) is 0.0729. The molecule has 0 bridgehead atoms. The molecule has 2 unspecified atom stereocenters. The van der Waals surface area contributed by atoms with Crippen LogP contribution in [-0.2, 0) is 4.79 Å². The topological polar surface area (TPSA) is 69.6 Å². The molecule has 0 saturated heterocycles. The fraction of sp³-hybridized carbons (Fsp3) is 0.906. The third-order valence-corrected chi connectivity index (χ3v) is 7.27. The zero-order chi connectivity index (χ0) is 26.5. The Bertz CT molecular complexity index is 480. The van der Waals surface area contributed by atoms with Crippen molar-refractivity contribution in [3.8, 4) is 0 Å². The number of aliphatic hydroxyl groups is 2. The highest BCUT2D eigenvalue weighted by atomic mass is 16.3. The standard InChI is InChI=1S/C32H63NO3/c1-3-5-7-9-11-13-15-16-18-19-21-23-25-27-31(35)30(29-34)33-32(36)28-26-24-22-20-17-14-12-10-8-6-4-2/h25,27,30-31,34-35H,3-24,26,28-29H2,1-2H3,(H,33,36). The number of amides is 1. The van der Waals surface area contributed by atoms with Crippen molar-refractivity contribution in [2.24, 2.45) is 0 Å². The number of rotatable bonds is 28. The van der Waals surface area contributed by atoms with E-state index in [1.807, 2.05) is 6.08 Å². The molecule has 36 heavy (non-hydrogen) atoms. The molecule has 0 aliphatic rings. The average Bonchev–Trinajstić information content (AvgIpc) is 2.88. The Kier molecular flexibility index (Phi) is 28.0. The third kappa shape index (κ3) is 24.8. The minimum Gasteiger partial charge on any atom is -0.394 e. The van der Waals surface area contributed by atoms with E-state index in [0.29, 0.717) is 6.42 Å². The minimum atomic E-state index is -0.830. The Morgan fingerprint density at radius 2 is 1.03 bits per heavy atom. The number of carbonyl (C=O) groups is 1. The molecule has 0 fully saturated rings. The molecule has 3 N–H and O–H groups in total. The Labute approximate surface area is 225 Å². The summed E-state index contributed by atoms with van der Waals surface area (Å²) in [5, 5.41) is 22.7. The van der Waals surface area contributed by atoms with Gasteiger partial charge in [0.1, 0.15) is 0 Å². The summed E-state index contributed by atoms with van der Waals surface area (Å²) < 4.78 is 0. The van der Waals surface area contributed by atoms with Gasteiger partial charge in [-0.1, -0.05) is 154 Å². The van der Waals surface area contributed by atoms with Gasteiger partial charge < -0.3 is 15.5 Å². The van der Waals surface area contributed by atoms with Crippen molar-refractivity contribution in [1.29, 1.82) is 0 Å². The van der Waals surface area contributed by atoms with Crippen LogP contribution in [0.4, 0.5) is 0 Å². The molecule has 0 aromatic heterocycles. The maximum atomic E-state index is 12.2. The molecule has 0 aromatic carbocycles. The van der Waals surface area contributed by atoms with Crippen molar-refractivity contribution in [3.63, 3.8) is 0 Å². The molecular weight excluding hydrogens is 446 g/mol. The second-order valence-electron chi connectivity index (χ2n) is 10.9. The Morgan fingerprint density at radius 3 is 1.44 bits per heavy atom.